The molecule has 3 heteroatoms. The first kappa shape index (κ1) is 45.9. The van der Waals surface area contributed by atoms with Crippen LogP contribution in [-0.4, -0.2) is 33.6 Å². The lowest BCUT2D eigenvalue weighted by Crippen LogP contribution is -2.45. The van der Waals surface area contributed by atoms with Crippen molar-refractivity contribution in [2.45, 2.75) is 222 Å². The molecule has 0 aromatic carbocycles. The molecule has 46 heavy (non-hydrogen) atoms. The topological polar surface area (TPSA) is 60.7 Å². The molecule has 0 aromatic heterocycles. The number of aliphatic hydroxyl groups is 3. The lowest BCUT2D eigenvalue weighted by molar-refractivity contribution is -0.109. The van der Waals surface area contributed by atoms with Gasteiger partial charge in [0, 0.05) is 0 Å². The third kappa shape index (κ3) is 25.8. The largest absolute Gasteiger partial charge is 0.394 e. The van der Waals surface area contributed by atoms with Crippen LogP contribution in [0.2, 0.25) is 0 Å². The van der Waals surface area contributed by atoms with Gasteiger partial charge >= 0.3 is 0 Å². The molecule has 0 bridgehead atoms. The van der Waals surface area contributed by atoms with Crippen LogP contribution in [0.25, 0.3) is 0 Å². The van der Waals surface area contributed by atoms with Crippen LogP contribution in [0.4, 0.5) is 0 Å². The molecule has 0 rings (SSSR count). The van der Waals surface area contributed by atoms with Crippen molar-refractivity contribution < 1.29 is 15.3 Å². The zero-order valence-electron chi connectivity index (χ0n) is 33.3. The Hall–Kier alpha value is -0.120. The van der Waals surface area contributed by atoms with E-state index in [4.69, 9.17) is 0 Å². The highest BCUT2D eigenvalue weighted by atomic mass is 16.4. The Morgan fingerprint density at radius 2 is 0.587 bits per heavy atom. The SMILES string of the molecule is CC(C)CCCC(C)CCCC(C)CCCC(C)CCC(O)(CCC(C)CCCC(C)CCCC(C)CCCC(C)C)C(O)CO. The first-order valence-electron chi connectivity index (χ1n) is 20.7. The summed E-state index contributed by atoms with van der Waals surface area (Å²) in [4.78, 5) is 0. The molecule has 0 aliphatic rings. The fourth-order valence-electron chi connectivity index (χ4n) is 7.50. The van der Waals surface area contributed by atoms with Gasteiger partial charge in [0.1, 0.15) is 6.10 Å². The van der Waals surface area contributed by atoms with Crippen LogP contribution in [0.5, 0.6) is 0 Å². The molecule has 0 saturated carbocycles. The Morgan fingerprint density at radius 3 is 0.804 bits per heavy atom. The monoisotopic (exact) mass is 653 g/mol. The van der Waals surface area contributed by atoms with Crippen LogP contribution in [0.15, 0.2) is 0 Å². The second-order valence-electron chi connectivity index (χ2n) is 17.9. The van der Waals surface area contributed by atoms with Crippen LogP contribution in [0.1, 0.15) is 210 Å². The number of hydrogen-bond donors (Lipinski definition) is 3. The van der Waals surface area contributed by atoms with Gasteiger partial charge in [0.05, 0.1) is 12.2 Å². The number of aliphatic hydroxyl groups excluding tert-OH is 2. The van der Waals surface area contributed by atoms with E-state index in [0.717, 1.165) is 48.3 Å². The second-order valence-corrected chi connectivity index (χ2v) is 17.9. The first-order chi connectivity index (χ1) is 21.7. The Labute approximate surface area is 290 Å². The van der Waals surface area contributed by atoms with Crippen LogP contribution < -0.4 is 0 Å². The van der Waals surface area contributed by atoms with Crippen molar-refractivity contribution in [3.05, 3.63) is 0 Å². The molecule has 0 aliphatic carbocycles. The second kappa shape index (κ2) is 27.7. The highest BCUT2D eigenvalue weighted by Crippen LogP contribution is 2.31. The predicted molar refractivity (Wildman–Crippen MR) is 204 cm³/mol. The molecule has 0 saturated heterocycles. The van der Waals surface area contributed by atoms with Crippen LogP contribution in [0, 0.1) is 47.3 Å². The maximum Gasteiger partial charge on any atom is 0.106 e. The van der Waals surface area contributed by atoms with E-state index in [-0.39, 0.29) is 6.61 Å². The lowest BCUT2D eigenvalue weighted by Gasteiger charge is -2.34. The first-order valence-corrected chi connectivity index (χ1v) is 20.7. The van der Waals surface area contributed by atoms with E-state index in [1.807, 2.05) is 0 Å². The van der Waals surface area contributed by atoms with Gasteiger partial charge in [0.15, 0.2) is 0 Å². The molecule has 3 N–H and O–H groups in total. The van der Waals surface area contributed by atoms with Gasteiger partial charge in [0.2, 0.25) is 0 Å². The molecular formula is C43H88O3. The van der Waals surface area contributed by atoms with E-state index in [1.165, 1.54) is 116 Å². The smallest absolute Gasteiger partial charge is 0.106 e. The van der Waals surface area contributed by atoms with E-state index in [9.17, 15) is 15.3 Å². The molecule has 7 atom stereocenters. The van der Waals surface area contributed by atoms with Gasteiger partial charge in [-0.05, 0) is 73.0 Å². The fraction of sp³-hybridized carbons (Fsp3) is 1.00. The Balaban J connectivity index is 4.24. The Morgan fingerprint density at radius 1 is 0.370 bits per heavy atom. The van der Waals surface area contributed by atoms with Gasteiger partial charge in [-0.3, -0.25) is 0 Å². The van der Waals surface area contributed by atoms with Crippen molar-refractivity contribution in [3.8, 4) is 0 Å². The minimum Gasteiger partial charge on any atom is -0.394 e. The predicted octanol–water partition coefficient (Wildman–Crippen LogP) is 12.8. The van der Waals surface area contributed by atoms with Crippen molar-refractivity contribution in [1.82, 2.24) is 0 Å². The van der Waals surface area contributed by atoms with Gasteiger partial charge < -0.3 is 15.3 Å². The van der Waals surface area contributed by atoms with Crippen molar-refractivity contribution in [3.63, 3.8) is 0 Å². The molecular weight excluding hydrogens is 564 g/mol. The van der Waals surface area contributed by atoms with Crippen molar-refractivity contribution in [2.75, 3.05) is 6.61 Å². The maximum atomic E-state index is 11.4. The summed E-state index contributed by atoms with van der Waals surface area (Å²) in [5, 5.41) is 31.8. The summed E-state index contributed by atoms with van der Waals surface area (Å²) in [5.41, 5.74) is -1.17. The third-order valence-corrected chi connectivity index (χ3v) is 11.5. The van der Waals surface area contributed by atoms with Crippen molar-refractivity contribution >= 4 is 0 Å². The van der Waals surface area contributed by atoms with E-state index in [0.29, 0.717) is 24.7 Å². The molecule has 0 spiro atoms. The van der Waals surface area contributed by atoms with E-state index in [1.54, 1.807) is 0 Å². The average molecular weight is 653 g/mol. The van der Waals surface area contributed by atoms with Crippen LogP contribution >= 0.6 is 0 Å². The van der Waals surface area contributed by atoms with Gasteiger partial charge in [0.25, 0.3) is 0 Å². The lowest BCUT2D eigenvalue weighted by atomic mass is 9.81. The summed E-state index contributed by atoms with van der Waals surface area (Å²) in [7, 11) is 0. The molecule has 0 fully saturated rings. The normalized spacial score (nSPS) is 18.3. The van der Waals surface area contributed by atoms with E-state index < -0.39 is 11.7 Å². The van der Waals surface area contributed by atoms with Crippen molar-refractivity contribution in [1.29, 1.82) is 0 Å². The highest BCUT2D eigenvalue weighted by Gasteiger charge is 2.35. The summed E-state index contributed by atoms with van der Waals surface area (Å²) in [5.74, 6) is 6.05. The van der Waals surface area contributed by atoms with Crippen LogP contribution in [-0.2, 0) is 0 Å². The molecule has 0 heterocycles. The highest BCUT2D eigenvalue weighted by molar-refractivity contribution is 4.87. The molecule has 0 aliphatic heterocycles. The molecule has 7 unspecified atom stereocenters. The minimum atomic E-state index is -1.17. The maximum absolute atomic E-state index is 11.4. The average Bonchev–Trinajstić information content (AvgIpc) is 2.98. The van der Waals surface area contributed by atoms with E-state index >= 15 is 0 Å². The molecule has 0 aromatic rings. The van der Waals surface area contributed by atoms with Gasteiger partial charge in [-0.2, -0.15) is 0 Å². The third-order valence-electron chi connectivity index (χ3n) is 11.5. The number of hydrogen-bond acceptors (Lipinski definition) is 3. The van der Waals surface area contributed by atoms with Crippen LogP contribution in [0.3, 0.4) is 0 Å². The molecule has 0 radical (unpaired) electrons. The summed E-state index contributed by atoms with van der Waals surface area (Å²) in [6.07, 6.45) is 25.9. The Bertz CT molecular complexity index is 612. The zero-order valence-corrected chi connectivity index (χ0v) is 33.3. The molecule has 0 amide bonds. The van der Waals surface area contributed by atoms with Crippen molar-refractivity contribution in [2.24, 2.45) is 47.3 Å². The summed E-state index contributed by atoms with van der Waals surface area (Å²) < 4.78 is 0. The van der Waals surface area contributed by atoms with Gasteiger partial charge in [-0.1, -0.05) is 185 Å². The Kier molecular flexibility index (Phi) is 27.6. The summed E-state index contributed by atoms with van der Waals surface area (Å²) in [6, 6.07) is 0. The van der Waals surface area contributed by atoms with Gasteiger partial charge in [-0.25, -0.2) is 0 Å². The molecule has 3 nitrogen and oxygen atoms in total. The fourth-order valence-corrected chi connectivity index (χ4v) is 7.50. The molecule has 278 valence electrons. The van der Waals surface area contributed by atoms with Gasteiger partial charge in [-0.15, -0.1) is 0 Å². The standard InChI is InChI=1S/C43H88O3/c1-34(2)17-11-19-36(5)21-13-23-38(7)25-15-27-40(9)29-31-43(46,42(45)33-44)32-30-41(10)28-16-26-39(8)24-14-22-37(6)20-12-18-35(3)4/h34-42,44-46H,11-33H2,1-10H3. The van der Waals surface area contributed by atoms with E-state index in [2.05, 4.69) is 69.2 Å². The summed E-state index contributed by atoms with van der Waals surface area (Å²) in [6.45, 7) is 23.3. The summed E-state index contributed by atoms with van der Waals surface area (Å²) >= 11 is 0. The quantitative estimate of drug-likeness (QED) is 0.0677. The minimum absolute atomic E-state index is 0.360. The number of rotatable bonds is 32. The zero-order chi connectivity index (χ0) is 35.0.